The summed E-state index contributed by atoms with van der Waals surface area (Å²) in [6.07, 6.45) is -0.529. The molecule has 0 aliphatic rings. The van der Waals surface area contributed by atoms with Gasteiger partial charge < -0.3 is 14.2 Å². The van der Waals surface area contributed by atoms with Gasteiger partial charge in [-0.2, -0.15) is 0 Å². The lowest BCUT2D eigenvalue weighted by molar-refractivity contribution is -0.161. The lowest BCUT2D eigenvalue weighted by Crippen LogP contribution is -2.31. The zero-order valence-corrected chi connectivity index (χ0v) is 14.4. The van der Waals surface area contributed by atoms with Crippen LogP contribution in [0, 0.1) is 5.92 Å². The summed E-state index contributed by atoms with van der Waals surface area (Å²) in [5.41, 5.74) is 0.871. The molecule has 0 aromatic heterocycles. The number of esters is 1. The van der Waals surface area contributed by atoms with Gasteiger partial charge in [0, 0.05) is 6.61 Å². The third kappa shape index (κ3) is 5.39. The second-order valence-electron chi connectivity index (χ2n) is 5.79. The second kappa shape index (κ2) is 9.08. The molecule has 24 heavy (non-hydrogen) atoms. The fourth-order valence-corrected chi connectivity index (χ4v) is 2.27. The largest absolute Gasteiger partial charge is 0.459 e. The van der Waals surface area contributed by atoms with Crippen molar-refractivity contribution in [2.45, 2.75) is 33.5 Å². The van der Waals surface area contributed by atoms with E-state index in [1.165, 1.54) is 0 Å². The van der Waals surface area contributed by atoms with Gasteiger partial charge in [-0.15, -0.1) is 0 Å². The van der Waals surface area contributed by atoms with Gasteiger partial charge >= 0.3 is 5.97 Å². The number of carbonyl (C=O) groups excluding carboxylic acids is 1. The van der Waals surface area contributed by atoms with Gasteiger partial charge in [-0.25, -0.2) is 4.79 Å². The van der Waals surface area contributed by atoms with Crippen LogP contribution in [-0.2, 0) is 20.9 Å². The third-order valence-corrected chi connectivity index (χ3v) is 3.44. The van der Waals surface area contributed by atoms with Crippen LogP contribution >= 0.6 is 0 Å². The monoisotopic (exact) mass is 328 g/mol. The van der Waals surface area contributed by atoms with Crippen LogP contribution in [0.3, 0.4) is 0 Å². The molecule has 0 aliphatic carbocycles. The van der Waals surface area contributed by atoms with Gasteiger partial charge in [0.15, 0.2) is 6.10 Å². The van der Waals surface area contributed by atoms with Crippen molar-refractivity contribution in [3.63, 3.8) is 0 Å². The van der Waals surface area contributed by atoms with Crippen LogP contribution in [0.25, 0.3) is 0 Å². The summed E-state index contributed by atoms with van der Waals surface area (Å²) >= 11 is 0. The molecule has 0 fully saturated rings. The first-order valence-electron chi connectivity index (χ1n) is 8.20. The normalized spacial score (nSPS) is 12.0. The molecule has 2 aromatic rings. The van der Waals surface area contributed by atoms with Crippen LogP contribution < -0.4 is 4.74 Å². The Bertz CT molecular complexity index is 637. The second-order valence-corrected chi connectivity index (χ2v) is 5.79. The van der Waals surface area contributed by atoms with Gasteiger partial charge in [0.25, 0.3) is 0 Å². The minimum atomic E-state index is -0.529. The average molecular weight is 328 g/mol. The van der Waals surface area contributed by atoms with Crippen molar-refractivity contribution >= 4 is 5.97 Å². The van der Waals surface area contributed by atoms with Crippen LogP contribution in [-0.4, -0.2) is 18.7 Å². The van der Waals surface area contributed by atoms with Crippen molar-refractivity contribution in [2.24, 2.45) is 5.92 Å². The summed E-state index contributed by atoms with van der Waals surface area (Å²) in [6.45, 7) is 6.43. The standard InChI is InChI=1S/C20H24O4/c1-4-22-19(15(2)3)20(21)23-14-16-9-8-12-18(13-16)24-17-10-6-5-7-11-17/h5-13,15,19H,4,14H2,1-3H3. The maximum atomic E-state index is 12.1. The SMILES string of the molecule is CCOC(C(=O)OCc1cccc(Oc2ccccc2)c1)C(C)C. The van der Waals surface area contributed by atoms with E-state index in [9.17, 15) is 4.79 Å². The van der Waals surface area contributed by atoms with Crippen molar-refractivity contribution in [2.75, 3.05) is 6.61 Å². The number of para-hydroxylation sites is 1. The number of benzene rings is 2. The fourth-order valence-electron chi connectivity index (χ4n) is 2.27. The third-order valence-electron chi connectivity index (χ3n) is 3.44. The molecule has 4 nitrogen and oxygen atoms in total. The van der Waals surface area contributed by atoms with E-state index >= 15 is 0 Å². The lowest BCUT2D eigenvalue weighted by Gasteiger charge is -2.19. The van der Waals surface area contributed by atoms with E-state index in [-0.39, 0.29) is 18.5 Å². The molecule has 0 spiro atoms. The predicted octanol–water partition coefficient (Wildman–Crippen LogP) is 4.58. The molecular formula is C20H24O4. The van der Waals surface area contributed by atoms with Crippen LogP contribution in [0.15, 0.2) is 54.6 Å². The predicted molar refractivity (Wildman–Crippen MR) is 93.0 cm³/mol. The molecule has 2 rings (SSSR count). The number of hydrogen-bond acceptors (Lipinski definition) is 4. The first-order valence-corrected chi connectivity index (χ1v) is 8.20. The highest BCUT2D eigenvalue weighted by Crippen LogP contribution is 2.22. The topological polar surface area (TPSA) is 44.8 Å². The van der Waals surface area contributed by atoms with Crippen LogP contribution in [0.5, 0.6) is 11.5 Å². The van der Waals surface area contributed by atoms with Crippen LogP contribution in [0.2, 0.25) is 0 Å². The first-order chi connectivity index (χ1) is 11.6. The fraction of sp³-hybridized carbons (Fsp3) is 0.350. The molecule has 128 valence electrons. The molecule has 0 bridgehead atoms. The summed E-state index contributed by atoms with van der Waals surface area (Å²) in [5.74, 6) is 1.22. The highest BCUT2D eigenvalue weighted by molar-refractivity contribution is 5.75. The summed E-state index contributed by atoms with van der Waals surface area (Å²) in [6, 6.07) is 17.1. The quantitative estimate of drug-likeness (QED) is 0.665. The van der Waals surface area contributed by atoms with E-state index in [0.717, 1.165) is 11.3 Å². The molecule has 1 unspecified atom stereocenters. The van der Waals surface area contributed by atoms with Crippen molar-refractivity contribution in [3.05, 3.63) is 60.2 Å². The summed E-state index contributed by atoms with van der Waals surface area (Å²) in [4.78, 5) is 12.1. The van der Waals surface area contributed by atoms with Crippen LogP contribution in [0.1, 0.15) is 26.3 Å². The van der Waals surface area contributed by atoms with E-state index in [4.69, 9.17) is 14.2 Å². The number of hydrogen-bond donors (Lipinski definition) is 0. The summed E-state index contributed by atoms with van der Waals surface area (Å²) in [7, 11) is 0. The molecular weight excluding hydrogens is 304 g/mol. The molecule has 2 aromatic carbocycles. The number of carbonyl (C=O) groups is 1. The Kier molecular flexibility index (Phi) is 6.82. The molecule has 0 saturated heterocycles. The molecule has 0 N–H and O–H groups in total. The van der Waals surface area contributed by atoms with Crippen molar-refractivity contribution < 1.29 is 19.0 Å². The zero-order valence-electron chi connectivity index (χ0n) is 14.4. The Labute approximate surface area is 143 Å². The van der Waals surface area contributed by atoms with Gasteiger partial charge in [-0.1, -0.05) is 44.2 Å². The lowest BCUT2D eigenvalue weighted by atomic mass is 10.1. The van der Waals surface area contributed by atoms with Gasteiger partial charge in [-0.05, 0) is 42.7 Å². The van der Waals surface area contributed by atoms with Crippen molar-refractivity contribution in [1.29, 1.82) is 0 Å². The van der Waals surface area contributed by atoms with E-state index in [0.29, 0.717) is 12.4 Å². The van der Waals surface area contributed by atoms with E-state index in [2.05, 4.69) is 0 Å². The highest BCUT2D eigenvalue weighted by atomic mass is 16.6. The maximum Gasteiger partial charge on any atom is 0.335 e. The summed E-state index contributed by atoms with van der Waals surface area (Å²) < 4.78 is 16.6. The molecule has 1 atom stereocenters. The summed E-state index contributed by atoms with van der Waals surface area (Å²) in [5, 5.41) is 0. The van der Waals surface area contributed by atoms with Gasteiger partial charge in [-0.3, -0.25) is 0 Å². The molecule has 0 aliphatic heterocycles. The average Bonchev–Trinajstić information content (AvgIpc) is 2.58. The number of rotatable bonds is 8. The molecule has 0 heterocycles. The van der Waals surface area contributed by atoms with E-state index in [1.54, 1.807) is 0 Å². The first kappa shape index (κ1) is 18.0. The minimum Gasteiger partial charge on any atom is -0.459 e. The van der Waals surface area contributed by atoms with Gasteiger partial charge in [0.1, 0.15) is 18.1 Å². The molecule has 0 radical (unpaired) electrons. The Hall–Kier alpha value is -2.33. The Morgan fingerprint density at radius 1 is 1.00 bits per heavy atom. The molecule has 4 heteroatoms. The van der Waals surface area contributed by atoms with Gasteiger partial charge in [0.05, 0.1) is 0 Å². The molecule has 0 saturated carbocycles. The van der Waals surface area contributed by atoms with Crippen molar-refractivity contribution in [1.82, 2.24) is 0 Å². The minimum absolute atomic E-state index is 0.0743. The van der Waals surface area contributed by atoms with Gasteiger partial charge in [0.2, 0.25) is 0 Å². The number of ether oxygens (including phenoxy) is 3. The van der Waals surface area contributed by atoms with E-state index < -0.39 is 6.10 Å². The van der Waals surface area contributed by atoms with Crippen molar-refractivity contribution in [3.8, 4) is 11.5 Å². The Balaban J connectivity index is 1.95. The smallest absolute Gasteiger partial charge is 0.335 e. The Morgan fingerprint density at radius 3 is 2.38 bits per heavy atom. The van der Waals surface area contributed by atoms with Crippen LogP contribution in [0.4, 0.5) is 0 Å². The zero-order chi connectivity index (χ0) is 17.4. The molecule has 0 amide bonds. The highest BCUT2D eigenvalue weighted by Gasteiger charge is 2.24. The maximum absolute atomic E-state index is 12.1. The van der Waals surface area contributed by atoms with E-state index in [1.807, 2.05) is 75.4 Å². The Morgan fingerprint density at radius 2 is 1.71 bits per heavy atom.